The summed E-state index contributed by atoms with van der Waals surface area (Å²) in [4.78, 5) is 45.8. The Balaban J connectivity index is 0.000000199. The van der Waals surface area contributed by atoms with E-state index in [1.807, 2.05) is 26.0 Å². The first kappa shape index (κ1) is 22.6. The van der Waals surface area contributed by atoms with Gasteiger partial charge in [0.1, 0.15) is 18.1 Å². The monoisotopic (exact) mass is 411 g/mol. The van der Waals surface area contributed by atoms with Crippen LogP contribution in [0.3, 0.4) is 0 Å². The molecular formula is C22H25N3O5. The fourth-order valence-corrected chi connectivity index (χ4v) is 2.97. The van der Waals surface area contributed by atoms with E-state index in [1.54, 1.807) is 49.4 Å². The van der Waals surface area contributed by atoms with Gasteiger partial charge in [0.2, 0.25) is 0 Å². The average Bonchev–Trinajstić information content (AvgIpc) is 3.27. The molecule has 0 aliphatic carbocycles. The lowest BCUT2D eigenvalue weighted by molar-refractivity contribution is -0.120. The van der Waals surface area contributed by atoms with Gasteiger partial charge in [-0.25, -0.2) is 4.79 Å². The molecule has 0 aromatic heterocycles. The van der Waals surface area contributed by atoms with Crippen molar-refractivity contribution in [3.05, 3.63) is 64.7 Å². The van der Waals surface area contributed by atoms with Crippen molar-refractivity contribution in [1.82, 2.24) is 15.5 Å². The third-order valence-corrected chi connectivity index (χ3v) is 4.48. The van der Waals surface area contributed by atoms with Gasteiger partial charge in [-0.2, -0.15) is 0 Å². The van der Waals surface area contributed by atoms with Crippen LogP contribution < -0.4 is 15.4 Å². The van der Waals surface area contributed by atoms with E-state index in [1.165, 1.54) is 0 Å². The first-order valence-electron chi connectivity index (χ1n) is 9.52. The smallest absolute Gasteiger partial charge is 0.322 e. The number of urea groups is 1. The molecule has 8 nitrogen and oxygen atoms in total. The minimum Gasteiger partial charge on any atom is -0.497 e. The number of nitrogens with zero attached hydrogens (tertiary/aromatic N) is 1. The number of fused-ring (bicyclic) bond motifs is 1. The van der Waals surface area contributed by atoms with Gasteiger partial charge in [0.05, 0.1) is 7.11 Å². The average molecular weight is 411 g/mol. The first-order valence-corrected chi connectivity index (χ1v) is 9.52. The molecule has 8 heteroatoms. The number of ether oxygens (including phenoxy) is 1. The van der Waals surface area contributed by atoms with Crippen molar-refractivity contribution in [3.63, 3.8) is 0 Å². The van der Waals surface area contributed by atoms with E-state index in [0.29, 0.717) is 17.7 Å². The van der Waals surface area contributed by atoms with Crippen LogP contribution in [0.25, 0.3) is 0 Å². The van der Waals surface area contributed by atoms with E-state index in [9.17, 15) is 19.2 Å². The molecule has 1 fully saturated rings. The number of hydrogen-bond donors (Lipinski definition) is 2. The fraction of sp³-hybridized carbons (Fsp3) is 0.273. The highest BCUT2D eigenvalue weighted by Gasteiger charge is 2.30. The molecule has 0 bridgehead atoms. The van der Waals surface area contributed by atoms with Crippen LogP contribution in [0.4, 0.5) is 4.79 Å². The van der Waals surface area contributed by atoms with Crippen molar-refractivity contribution in [2.45, 2.75) is 26.4 Å². The Morgan fingerprint density at radius 2 is 1.73 bits per heavy atom. The summed E-state index contributed by atoms with van der Waals surface area (Å²) in [6.07, 6.45) is 0.719. The van der Waals surface area contributed by atoms with E-state index >= 15 is 0 Å². The van der Waals surface area contributed by atoms with Crippen molar-refractivity contribution in [1.29, 1.82) is 0 Å². The second-order valence-electron chi connectivity index (χ2n) is 6.36. The van der Waals surface area contributed by atoms with Crippen LogP contribution in [0.1, 0.15) is 51.7 Å². The van der Waals surface area contributed by atoms with Gasteiger partial charge in [-0.15, -0.1) is 0 Å². The molecule has 2 aromatic rings. The molecule has 1 unspecified atom stereocenters. The van der Waals surface area contributed by atoms with E-state index in [2.05, 4.69) is 10.6 Å². The van der Waals surface area contributed by atoms with E-state index in [-0.39, 0.29) is 11.8 Å². The van der Waals surface area contributed by atoms with Gasteiger partial charge in [0.25, 0.3) is 11.8 Å². The maximum absolute atomic E-state index is 11.5. The number of aldehydes is 1. The van der Waals surface area contributed by atoms with E-state index < -0.39 is 12.1 Å². The lowest BCUT2D eigenvalue weighted by atomic mass is 10.1. The molecule has 0 radical (unpaired) electrons. The Bertz CT molecular complexity index is 940. The zero-order valence-corrected chi connectivity index (χ0v) is 17.4. The van der Waals surface area contributed by atoms with E-state index in [0.717, 1.165) is 23.2 Å². The number of methoxy groups -OCH3 is 1. The summed E-state index contributed by atoms with van der Waals surface area (Å²) in [7, 11) is 3.40. The summed E-state index contributed by atoms with van der Waals surface area (Å²) in [5.41, 5.74) is 3.03. The molecule has 30 heavy (non-hydrogen) atoms. The standard InChI is InChI=1S/C10H8N2O3.C10H11NO2.C2H6/c13-5-6-1-3-7(4-2-6)8-9(14)12-10(15)11-8;1-11-6-7-3-4-8(13-2)5-9(7)10(11)12;1-2/h1-5,8H,(H2,11,12,14,15);3-5H,6H2,1-2H3;1-2H3. The van der Waals surface area contributed by atoms with Crippen LogP contribution in [-0.2, 0) is 11.3 Å². The summed E-state index contributed by atoms with van der Waals surface area (Å²) in [6.45, 7) is 4.71. The topological polar surface area (TPSA) is 105 Å². The lowest BCUT2D eigenvalue weighted by Gasteiger charge is -2.06. The first-order chi connectivity index (χ1) is 14.4. The highest BCUT2D eigenvalue weighted by atomic mass is 16.5. The maximum atomic E-state index is 11.5. The molecule has 2 aliphatic rings. The molecule has 2 aliphatic heterocycles. The highest BCUT2D eigenvalue weighted by Crippen LogP contribution is 2.25. The van der Waals surface area contributed by atoms with Crippen molar-refractivity contribution in [3.8, 4) is 5.75 Å². The Kier molecular flexibility index (Phi) is 7.69. The van der Waals surface area contributed by atoms with Gasteiger partial charge >= 0.3 is 6.03 Å². The van der Waals surface area contributed by atoms with Gasteiger partial charge in [-0.1, -0.05) is 44.2 Å². The molecular weight excluding hydrogens is 386 g/mol. The molecule has 1 atom stereocenters. The molecule has 0 spiro atoms. The zero-order valence-electron chi connectivity index (χ0n) is 17.4. The molecule has 1 saturated heterocycles. The van der Waals surface area contributed by atoms with Crippen LogP contribution in [0, 0.1) is 0 Å². The number of carbonyl (C=O) groups is 4. The predicted octanol–water partition coefficient (Wildman–Crippen LogP) is 2.69. The zero-order chi connectivity index (χ0) is 22.3. The molecule has 0 saturated carbocycles. The van der Waals surface area contributed by atoms with Gasteiger partial charge in [0.15, 0.2) is 0 Å². The number of amides is 4. The van der Waals surface area contributed by atoms with Crippen LogP contribution in [0.15, 0.2) is 42.5 Å². The molecule has 4 rings (SSSR count). The minimum atomic E-state index is -0.654. The number of nitrogens with one attached hydrogen (secondary N) is 2. The molecule has 2 aromatic carbocycles. The van der Waals surface area contributed by atoms with Gasteiger partial charge in [-0.05, 0) is 23.3 Å². The molecule has 4 amide bonds. The highest BCUT2D eigenvalue weighted by molar-refractivity contribution is 6.04. The third-order valence-electron chi connectivity index (χ3n) is 4.48. The number of imide groups is 1. The second-order valence-corrected chi connectivity index (χ2v) is 6.36. The van der Waals surface area contributed by atoms with Gasteiger partial charge < -0.3 is 15.0 Å². The van der Waals surface area contributed by atoms with Crippen LogP contribution >= 0.6 is 0 Å². The molecule has 2 heterocycles. The van der Waals surface area contributed by atoms with Crippen molar-refractivity contribution in [2.75, 3.05) is 14.2 Å². The van der Waals surface area contributed by atoms with Crippen molar-refractivity contribution in [2.24, 2.45) is 0 Å². The number of hydrogen-bond acceptors (Lipinski definition) is 5. The minimum absolute atomic E-state index is 0.0777. The summed E-state index contributed by atoms with van der Waals surface area (Å²) < 4.78 is 5.05. The Labute approximate surface area is 175 Å². The Hall–Kier alpha value is -3.68. The van der Waals surface area contributed by atoms with Gasteiger partial charge in [-0.3, -0.25) is 19.7 Å². The summed E-state index contributed by atoms with van der Waals surface area (Å²) in [5, 5.41) is 4.60. The summed E-state index contributed by atoms with van der Waals surface area (Å²) in [6, 6.07) is 10.9. The third kappa shape index (κ3) is 5.02. The van der Waals surface area contributed by atoms with Crippen molar-refractivity contribution < 1.29 is 23.9 Å². The maximum Gasteiger partial charge on any atom is 0.322 e. The Morgan fingerprint density at radius 1 is 1.07 bits per heavy atom. The number of rotatable bonds is 3. The summed E-state index contributed by atoms with van der Waals surface area (Å²) in [5.74, 6) is 0.440. The number of benzene rings is 2. The predicted molar refractivity (Wildman–Crippen MR) is 111 cm³/mol. The lowest BCUT2D eigenvalue weighted by Crippen LogP contribution is -2.22. The molecule has 2 N–H and O–H groups in total. The van der Waals surface area contributed by atoms with Crippen molar-refractivity contribution >= 4 is 24.1 Å². The van der Waals surface area contributed by atoms with Crippen LogP contribution in [-0.4, -0.2) is 43.2 Å². The van der Waals surface area contributed by atoms with Crippen LogP contribution in [0.2, 0.25) is 0 Å². The summed E-state index contributed by atoms with van der Waals surface area (Å²) >= 11 is 0. The molecule has 158 valence electrons. The quantitative estimate of drug-likeness (QED) is 0.597. The largest absolute Gasteiger partial charge is 0.497 e. The SMILES string of the molecule is CC.COc1ccc2c(c1)C(=O)N(C)C2.O=Cc1ccc(C2NC(=O)NC2=O)cc1. The van der Waals surface area contributed by atoms with E-state index in [4.69, 9.17) is 4.74 Å². The van der Waals surface area contributed by atoms with Gasteiger partial charge in [0, 0.05) is 24.7 Å². The Morgan fingerprint density at radius 3 is 2.27 bits per heavy atom. The second kappa shape index (κ2) is 10.2. The normalized spacial score (nSPS) is 16.3. The van der Waals surface area contributed by atoms with Crippen LogP contribution in [0.5, 0.6) is 5.75 Å². The number of carbonyl (C=O) groups excluding carboxylic acids is 4. The fourth-order valence-electron chi connectivity index (χ4n) is 2.97.